The Bertz CT molecular complexity index is 1760. The molecule has 2 saturated heterocycles. The lowest BCUT2D eigenvalue weighted by Gasteiger charge is -2.41. The molecule has 1 saturated carbocycles. The standard InChI is InChI=1S/C32H29FN6O3/c33-28-10-4-19(13-29-26-14-24(42-23-2-1-3-23)8-9-25(26)31(40)37-36-29)12-27(28)32(41)39-21-6-7-22(39)18-38(17-21)30-11-5-20(15-34)16-35-30/h4-5,8-12,14,16,21-23H,1-3,6-7,13,17-18H2,(H,37,40). The Morgan fingerprint density at radius 1 is 1.05 bits per heavy atom. The minimum atomic E-state index is -0.560. The highest BCUT2D eigenvalue weighted by Gasteiger charge is 2.43. The lowest BCUT2D eigenvalue weighted by molar-refractivity contribution is 0.0636. The topological polar surface area (TPSA) is 115 Å². The van der Waals surface area contributed by atoms with E-state index in [4.69, 9.17) is 10.00 Å². The molecule has 2 unspecified atom stereocenters. The highest BCUT2D eigenvalue weighted by molar-refractivity contribution is 5.95. The van der Waals surface area contributed by atoms with Crippen molar-refractivity contribution in [2.75, 3.05) is 18.0 Å². The van der Waals surface area contributed by atoms with Gasteiger partial charge in [-0.15, -0.1) is 0 Å². The summed E-state index contributed by atoms with van der Waals surface area (Å²) < 4.78 is 21.2. The number of benzene rings is 2. The third kappa shape index (κ3) is 4.75. The zero-order valence-corrected chi connectivity index (χ0v) is 22.9. The van der Waals surface area contributed by atoms with E-state index in [1.54, 1.807) is 36.5 Å². The van der Waals surface area contributed by atoms with Crippen LogP contribution in [0.5, 0.6) is 5.75 Å². The van der Waals surface area contributed by atoms with Crippen molar-refractivity contribution in [2.24, 2.45) is 0 Å². The average molecular weight is 565 g/mol. The van der Waals surface area contributed by atoms with E-state index in [9.17, 15) is 9.59 Å². The smallest absolute Gasteiger partial charge is 0.272 e. The van der Waals surface area contributed by atoms with Gasteiger partial charge in [0, 0.05) is 31.1 Å². The second-order valence-corrected chi connectivity index (χ2v) is 11.4. The van der Waals surface area contributed by atoms with Crippen LogP contribution in [-0.4, -0.2) is 57.3 Å². The number of H-pyrrole nitrogens is 1. The number of amides is 1. The quantitative estimate of drug-likeness (QED) is 0.370. The lowest BCUT2D eigenvalue weighted by atomic mass is 9.96. The predicted molar refractivity (Wildman–Crippen MR) is 154 cm³/mol. The van der Waals surface area contributed by atoms with Crippen LogP contribution in [0, 0.1) is 17.1 Å². The van der Waals surface area contributed by atoms with E-state index in [0.717, 1.165) is 43.5 Å². The number of fused-ring (bicyclic) bond motifs is 3. The number of rotatable bonds is 6. The number of ether oxygens (including phenoxy) is 1. The molecule has 1 amide bonds. The van der Waals surface area contributed by atoms with Crippen LogP contribution in [0.25, 0.3) is 10.8 Å². The number of nitrogens with one attached hydrogen (secondary N) is 1. The first-order chi connectivity index (χ1) is 20.5. The molecular formula is C32H29FN6O3. The van der Waals surface area contributed by atoms with Crippen molar-refractivity contribution in [3.63, 3.8) is 0 Å². The van der Waals surface area contributed by atoms with Crippen molar-refractivity contribution < 1.29 is 13.9 Å². The molecule has 2 atom stereocenters. The summed E-state index contributed by atoms with van der Waals surface area (Å²) in [6, 6.07) is 15.5. The molecule has 4 heterocycles. The molecule has 2 bridgehead atoms. The SMILES string of the molecule is N#Cc1ccc(N2CC3CCC(C2)N3C(=O)c2cc(Cc3n[nH]c(=O)c4ccc(OC5CCC5)cc34)ccc2F)nc1. The Kier molecular flexibility index (Phi) is 6.57. The summed E-state index contributed by atoms with van der Waals surface area (Å²) in [7, 11) is 0. The molecule has 7 rings (SSSR count). The van der Waals surface area contributed by atoms with E-state index in [2.05, 4.69) is 26.2 Å². The van der Waals surface area contributed by atoms with E-state index < -0.39 is 5.82 Å². The number of aromatic amines is 1. The number of piperazine rings is 1. The molecule has 2 aromatic heterocycles. The van der Waals surface area contributed by atoms with Crippen LogP contribution >= 0.6 is 0 Å². The van der Waals surface area contributed by atoms with Gasteiger partial charge in [-0.1, -0.05) is 6.07 Å². The fourth-order valence-electron chi connectivity index (χ4n) is 6.33. The molecule has 42 heavy (non-hydrogen) atoms. The van der Waals surface area contributed by atoms with Gasteiger partial charge in [0.15, 0.2) is 0 Å². The van der Waals surface area contributed by atoms with Crippen molar-refractivity contribution in [2.45, 2.75) is 56.7 Å². The van der Waals surface area contributed by atoms with Gasteiger partial charge in [-0.2, -0.15) is 10.4 Å². The third-order valence-corrected chi connectivity index (χ3v) is 8.74. The van der Waals surface area contributed by atoms with Crippen molar-refractivity contribution in [1.82, 2.24) is 20.1 Å². The number of anilines is 1. The second-order valence-electron chi connectivity index (χ2n) is 11.4. The molecule has 9 nitrogen and oxygen atoms in total. The van der Waals surface area contributed by atoms with Gasteiger partial charge < -0.3 is 14.5 Å². The summed E-state index contributed by atoms with van der Waals surface area (Å²) in [5.74, 6) is 0.592. The molecule has 10 heteroatoms. The molecule has 0 radical (unpaired) electrons. The minimum Gasteiger partial charge on any atom is -0.490 e. The Hall–Kier alpha value is -4.78. The van der Waals surface area contributed by atoms with Gasteiger partial charge in [0.2, 0.25) is 0 Å². The molecule has 0 spiro atoms. The predicted octanol–water partition coefficient (Wildman–Crippen LogP) is 4.34. The minimum absolute atomic E-state index is 0.0390. The number of carbonyl (C=O) groups is 1. The van der Waals surface area contributed by atoms with Gasteiger partial charge in [0.05, 0.1) is 40.4 Å². The molecule has 3 fully saturated rings. The van der Waals surface area contributed by atoms with Crippen LogP contribution < -0.4 is 15.2 Å². The van der Waals surface area contributed by atoms with Crippen LogP contribution in [0.2, 0.25) is 0 Å². The van der Waals surface area contributed by atoms with E-state index in [-0.39, 0.29) is 35.2 Å². The number of nitriles is 1. The molecule has 2 aliphatic heterocycles. The molecule has 1 aliphatic carbocycles. The highest BCUT2D eigenvalue weighted by Crippen LogP contribution is 2.34. The largest absolute Gasteiger partial charge is 0.490 e. The summed E-state index contributed by atoms with van der Waals surface area (Å²) in [5.41, 5.74) is 1.59. The first kappa shape index (κ1) is 26.1. The maximum Gasteiger partial charge on any atom is 0.272 e. The van der Waals surface area contributed by atoms with E-state index in [1.807, 2.05) is 17.0 Å². The summed E-state index contributed by atoms with van der Waals surface area (Å²) in [4.78, 5) is 34.7. The van der Waals surface area contributed by atoms with Crippen LogP contribution in [0.15, 0.2) is 59.5 Å². The fourth-order valence-corrected chi connectivity index (χ4v) is 6.33. The van der Waals surface area contributed by atoms with E-state index in [1.165, 1.54) is 6.07 Å². The van der Waals surface area contributed by atoms with Gasteiger partial charge in [-0.25, -0.2) is 14.5 Å². The van der Waals surface area contributed by atoms with Gasteiger partial charge in [-0.3, -0.25) is 9.59 Å². The number of pyridine rings is 1. The van der Waals surface area contributed by atoms with Crippen LogP contribution in [-0.2, 0) is 6.42 Å². The zero-order valence-electron chi connectivity index (χ0n) is 22.9. The number of aromatic nitrogens is 3. The molecule has 212 valence electrons. The lowest BCUT2D eigenvalue weighted by Crippen LogP contribution is -2.56. The van der Waals surface area contributed by atoms with Crippen molar-refractivity contribution >= 4 is 22.5 Å². The summed E-state index contributed by atoms with van der Waals surface area (Å²) >= 11 is 0. The third-order valence-electron chi connectivity index (χ3n) is 8.74. The van der Waals surface area contributed by atoms with Crippen molar-refractivity contribution in [3.05, 3.63) is 93.3 Å². The maximum absolute atomic E-state index is 15.1. The monoisotopic (exact) mass is 564 g/mol. The van der Waals surface area contributed by atoms with Gasteiger partial charge in [0.25, 0.3) is 11.5 Å². The summed E-state index contributed by atoms with van der Waals surface area (Å²) in [6.45, 7) is 1.20. The van der Waals surface area contributed by atoms with Gasteiger partial charge >= 0.3 is 0 Å². The number of carbonyl (C=O) groups excluding carboxylic acids is 1. The van der Waals surface area contributed by atoms with Crippen molar-refractivity contribution in [3.8, 4) is 11.8 Å². The first-order valence-electron chi connectivity index (χ1n) is 14.4. The van der Waals surface area contributed by atoms with Crippen molar-refractivity contribution in [1.29, 1.82) is 5.26 Å². The Morgan fingerprint density at radius 3 is 2.55 bits per heavy atom. The van der Waals surface area contributed by atoms with E-state index in [0.29, 0.717) is 47.3 Å². The number of nitrogens with zero attached hydrogens (tertiary/aromatic N) is 5. The number of hydrogen-bond acceptors (Lipinski definition) is 7. The molecule has 4 aromatic rings. The second kappa shape index (κ2) is 10.6. The number of hydrogen-bond donors (Lipinski definition) is 1. The average Bonchev–Trinajstić information content (AvgIpc) is 3.25. The summed E-state index contributed by atoms with van der Waals surface area (Å²) in [6.07, 6.45) is 6.93. The molecule has 3 aliphatic rings. The van der Waals surface area contributed by atoms with Crippen LogP contribution in [0.1, 0.15) is 59.3 Å². The molecular weight excluding hydrogens is 535 g/mol. The fraction of sp³-hybridized carbons (Fsp3) is 0.344. The molecule has 1 N–H and O–H groups in total. The Morgan fingerprint density at radius 2 is 1.86 bits per heavy atom. The van der Waals surface area contributed by atoms with Gasteiger partial charge in [-0.05, 0) is 80.1 Å². The summed E-state index contributed by atoms with van der Waals surface area (Å²) in [5, 5.41) is 17.1. The zero-order chi connectivity index (χ0) is 28.8. The van der Waals surface area contributed by atoms with Crippen LogP contribution in [0.3, 0.4) is 0 Å². The number of halogens is 1. The first-order valence-corrected chi connectivity index (χ1v) is 14.4. The highest BCUT2D eigenvalue weighted by atomic mass is 19.1. The Balaban J connectivity index is 1.13. The maximum atomic E-state index is 15.1. The van der Waals surface area contributed by atoms with Crippen LogP contribution in [0.4, 0.5) is 10.2 Å². The normalized spacial score (nSPS) is 19.9. The Labute approximate surface area is 241 Å². The van der Waals surface area contributed by atoms with E-state index >= 15 is 4.39 Å². The molecule has 2 aromatic carbocycles. The van der Waals surface area contributed by atoms with Gasteiger partial charge in [0.1, 0.15) is 23.5 Å².